The standard InChI is InChI=1S/C20H22FN5/c1-14-12-19(25-20(24-14)16-8-10-22-11-9-16)23-13-18(26(2)3)15-4-6-17(21)7-5-15/h4-12,18H,13H2,1-3H3,(H,23,24,25). The van der Waals surface area contributed by atoms with Gasteiger partial charge < -0.3 is 10.2 Å². The highest BCUT2D eigenvalue weighted by Gasteiger charge is 2.15. The number of hydrogen-bond donors (Lipinski definition) is 1. The summed E-state index contributed by atoms with van der Waals surface area (Å²) in [5.41, 5.74) is 2.86. The monoisotopic (exact) mass is 351 g/mol. The van der Waals surface area contributed by atoms with Gasteiger partial charge in [-0.25, -0.2) is 14.4 Å². The number of nitrogens with zero attached hydrogens (tertiary/aromatic N) is 4. The minimum Gasteiger partial charge on any atom is -0.368 e. The quantitative estimate of drug-likeness (QED) is 0.734. The Balaban J connectivity index is 1.79. The molecule has 2 heterocycles. The summed E-state index contributed by atoms with van der Waals surface area (Å²) < 4.78 is 13.2. The Morgan fingerprint density at radius 2 is 1.73 bits per heavy atom. The lowest BCUT2D eigenvalue weighted by molar-refractivity contribution is 0.311. The Morgan fingerprint density at radius 3 is 2.38 bits per heavy atom. The van der Waals surface area contributed by atoms with Crippen molar-refractivity contribution in [1.29, 1.82) is 0 Å². The minimum absolute atomic E-state index is 0.0928. The van der Waals surface area contributed by atoms with Gasteiger partial charge >= 0.3 is 0 Å². The van der Waals surface area contributed by atoms with Gasteiger partial charge in [0.2, 0.25) is 0 Å². The number of anilines is 1. The molecule has 0 amide bonds. The molecule has 2 aromatic heterocycles. The first-order valence-electron chi connectivity index (χ1n) is 8.45. The summed E-state index contributed by atoms with van der Waals surface area (Å²) in [7, 11) is 4.01. The Bertz CT molecular complexity index is 850. The number of pyridine rings is 1. The smallest absolute Gasteiger partial charge is 0.161 e. The first kappa shape index (κ1) is 17.9. The first-order chi connectivity index (χ1) is 12.5. The summed E-state index contributed by atoms with van der Waals surface area (Å²) in [6.45, 7) is 2.59. The first-order valence-corrected chi connectivity index (χ1v) is 8.45. The fourth-order valence-electron chi connectivity index (χ4n) is 2.77. The maximum atomic E-state index is 13.2. The van der Waals surface area contributed by atoms with Crippen LogP contribution < -0.4 is 5.32 Å². The highest BCUT2D eigenvalue weighted by Crippen LogP contribution is 2.21. The van der Waals surface area contributed by atoms with Crippen LogP contribution in [0.1, 0.15) is 17.3 Å². The van der Waals surface area contributed by atoms with E-state index < -0.39 is 0 Å². The van der Waals surface area contributed by atoms with E-state index in [2.05, 4.69) is 25.2 Å². The molecule has 5 nitrogen and oxygen atoms in total. The van der Waals surface area contributed by atoms with E-state index in [0.717, 1.165) is 22.6 Å². The second-order valence-corrected chi connectivity index (χ2v) is 6.37. The highest BCUT2D eigenvalue weighted by atomic mass is 19.1. The number of likely N-dealkylation sites (N-methyl/N-ethyl adjacent to an activating group) is 1. The number of hydrogen-bond acceptors (Lipinski definition) is 5. The molecule has 1 aromatic carbocycles. The van der Waals surface area contributed by atoms with Gasteiger partial charge in [-0.2, -0.15) is 0 Å². The predicted octanol–water partition coefficient (Wildman–Crippen LogP) is 3.70. The van der Waals surface area contributed by atoms with Crippen LogP contribution in [0.25, 0.3) is 11.4 Å². The third-order valence-corrected chi connectivity index (χ3v) is 4.15. The molecule has 0 aliphatic heterocycles. The van der Waals surface area contributed by atoms with E-state index in [9.17, 15) is 4.39 Å². The van der Waals surface area contributed by atoms with Crippen molar-refractivity contribution in [2.24, 2.45) is 0 Å². The normalized spacial score (nSPS) is 12.2. The van der Waals surface area contributed by atoms with Crippen LogP contribution in [-0.4, -0.2) is 40.5 Å². The van der Waals surface area contributed by atoms with E-state index in [0.29, 0.717) is 12.4 Å². The van der Waals surface area contributed by atoms with E-state index in [-0.39, 0.29) is 11.9 Å². The van der Waals surface area contributed by atoms with Crippen molar-refractivity contribution >= 4 is 5.82 Å². The van der Waals surface area contributed by atoms with E-state index in [1.54, 1.807) is 12.4 Å². The maximum absolute atomic E-state index is 13.2. The highest BCUT2D eigenvalue weighted by molar-refractivity contribution is 5.56. The number of aromatic nitrogens is 3. The van der Waals surface area contributed by atoms with Crippen molar-refractivity contribution in [2.75, 3.05) is 26.0 Å². The SMILES string of the molecule is Cc1cc(NCC(c2ccc(F)cc2)N(C)C)nc(-c2ccncc2)n1. The molecule has 0 radical (unpaired) electrons. The molecule has 0 saturated heterocycles. The Hall–Kier alpha value is -2.86. The van der Waals surface area contributed by atoms with Gasteiger partial charge in [0.25, 0.3) is 0 Å². The number of rotatable bonds is 6. The Morgan fingerprint density at radius 1 is 1.04 bits per heavy atom. The van der Waals surface area contributed by atoms with Crippen LogP contribution in [0, 0.1) is 12.7 Å². The van der Waals surface area contributed by atoms with Crippen LogP contribution in [-0.2, 0) is 0 Å². The Labute approximate surface area is 153 Å². The van der Waals surface area contributed by atoms with Crippen LogP contribution >= 0.6 is 0 Å². The summed E-state index contributed by atoms with van der Waals surface area (Å²) in [6.07, 6.45) is 3.45. The minimum atomic E-state index is -0.229. The van der Waals surface area contributed by atoms with Crippen LogP contribution in [0.4, 0.5) is 10.2 Å². The summed E-state index contributed by atoms with van der Waals surface area (Å²) in [4.78, 5) is 15.2. The van der Waals surface area contributed by atoms with Crippen molar-refractivity contribution in [3.8, 4) is 11.4 Å². The predicted molar refractivity (Wildman–Crippen MR) is 101 cm³/mol. The molecule has 0 saturated carbocycles. The zero-order valence-electron chi connectivity index (χ0n) is 15.1. The van der Waals surface area contributed by atoms with Crippen molar-refractivity contribution in [2.45, 2.75) is 13.0 Å². The second-order valence-electron chi connectivity index (χ2n) is 6.37. The molecule has 0 fully saturated rings. The molecule has 1 unspecified atom stereocenters. The van der Waals surface area contributed by atoms with Crippen LogP contribution in [0.2, 0.25) is 0 Å². The summed E-state index contributed by atoms with van der Waals surface area (Å²) in [5, 5.41) is 3.39. The third-order valence-electron chi connectivity index (χ3n) is 4.15. The molecule has 3 rings (SSSR count). The van der Waals surface area contributed by atoms with Gasteiger partial charge in [0.15, 0.2) is 5.82 Å². The molecule has 6 heteroatoms. The van der Waals surface area contributed by atoms with Gasteiger partial charge in [-0.05, 0) is 50.8 Å². The van der Waals surface area contributed by atoms with Gasteiger partial charge in [-0.3, -0.25) is 4.98 Å². The molecule has 3 aromatic rings. The third kappa shape index (κ3) is 4.40. The second kappa shape index (κ2) is 8.01. The van der Waals surface area contributed by atoms with Crippen molar-refractivity contribution in [3.63, 3.8) is 0 Å². The van der Waals surface area contributed by atoms with Gasteiger partial charge in [0, 0.05) is 36.3 Å². The van der Waals surface area contributed by atoms with Crippen LogP contribution in [0.15, 0.2) is 54.9 Å². The van der Waals surface area contributed by atoms with E-state index >= 15 is 0 Å². The van der Waals surface area contributed by atoms with Crippen molar-refractivity contribution in [1.82, 2.24) is 19.9 Å². The molecule has 1 atom stereocenters. The molecular formula is C20H22FN5. The summed E-state index contributed by atoms with van der Waals surface area (Å²) >= 11 is 0. The van der Waals surface area contributed by atoms with E-state index in [1.807, 2.05) is 51.4 Å². The van der Waals surface area contributed by atoms with Crippen LogP contribution in [0.5, 0.6) is 0 Å². The van der Waals surface area contributed by atoms with Gasteiger partial charge in [0.1, 0.15) is 11.6 Å². The van der Waals surface area contributed by atoms with Gasteiger partial charge in [0.05, 0.1) is 6.04 Å². The molecule has 134 valence electrons. The zero-order valence-corrected chi connectivity index (χ0v) is 15.1. The van der Waals surface area contributed by atoms with E-state index in [4.69, 9.17) is 0 Å². The van der Waals surface area contributed by atoms with Gasteiger partial charge in [-0.1, -0.05) is 12.1 Å². The Kier molecular flexibility index (Phi) is 5.53. The molecule has 0 aliphatic rings. The fourth-order valence-corrected chi connectivity index (χ4v) is 2.77. The number of benzene rings is 1. The zero-order chi connectivity index (χ0) is 18.5. The average Bonchev–Trinajstić information content (AvgIpc) is 2.63. The number of halogens is 1. The van der Waals surface area contributed by atoms with Crippen molar-refractivity contribution < 1.29 is 4.39 Å². The molecule has 1 N–H and O–H groups in total. The molecule has 0 aliphatic carbocycles. The molecule has 26 heavy (non-hydrogen) atoms. The number of aryl methyl sites for hydroxylation is 1. The average molecular weight is 351 g/mol. The van der Waals surface area contributed by atoms with Crippen LogP contribution in [0.3, 0.4) is 0 Å². The summed E-state index contributed by atoms with van der Waals surface area (Å²) in [6, 6.07) is 12.4. The lowest BCUT2D eigenvalue weighted by atomic mass is 10.1. The van der Waals surface area contributed by atoms with Gasteiger partial charge in [-0.15, -0.1) is 0 Å². The lowest BCUT2D eigenvalue weighted by Crippen LogP contribution is -2.27. The van der Waals surface area contributed by atoms with E-state index in [1.165, 1.54) is 12.1 Å². The summed E-state index contributed by atoms with van der Waals surface area (Å²) in [5.74, 6) is 1.20. The molecular weight excluding hydrogens is 329 g/mol. The molecule has 0 spiro atoms. The number of nitrogens with one attached hydrogen (secondary N) is 1. The lowest BCUT2D eigenvalue weighted by Gasteiger charge is -2.25. The topological polar surface area (TPSA) is 53.9 Å². The van der Waals surface area contributed by atoms with Crippen molar-refractivity contribution in [3.05, 3.63) is 71.9 Å². The fraction of sp³-hybridized carbons (Fsp3) is 0.250. The maximum Gasteiger partial charge on any atom is 0.161 e. The largest absolute Gasteiger partial charge is 0.368 e. The molecule has 0 bridgehead atoms.